The minimum absolute atomic E-state index is 0.131. The summed E-state index contributed by atoms with van der Waals surface area (Å²) in [4.78, 5) is 17.4. The molecule has 0 spiro atoms. The normalized spacial score (nSPS) is 10.8. The molecule has 1 N–H and O–H groups in total. The first kappa shape index (κ1) is 18.9. The van der Waals surface area contributed by atoms with Gasteiger partial charge in [-0.15, -0.1) is 0 Å². The Bertz CT molecular complexity index is 1060. The van der Waals surface area contributed by atoms with Crippen molar-refractivity contribution in [1.29, 1.82) is 0 Å². The van der Waals surface area contributed by atoms with E-state index in [9.17, 15) is 4.79 Å². The Morgan fingerprint density at radius 3 is 2.10 bits per heavy atom. The second kappa shape index (κ2) is 8.71. The maximum Gasteiger partial charge on any atom is 0.246 e. The third kappa shape index (κ3) is 4.36. The minimum Gasteiger partial charge on any atom is -0.346 e. The predicted molar refractivity (Wildman–Crippen MR) is 111 cm³/mol. The van der Waals surface area contributed by atoms with Crippen molar-refractivity contribution in [3.8, 4) is 11.4 Å². The van der Waals surface area contributed by atoms with Gasteiger partial charge in [-0.25, -0.2) is 0 Å². The molecule has 4 aromatic rings. The van der Waals surface area contributed by atoms with Crippen LogP contribution < -0.4 is 5.32 Å². The average Bonchev–Trinajstić information content (AvgIpc) is 3.23. The lowest BCUT2D eigenvalue weighted by atomic mass is 9.90. The molecule has 0 bridgehead atoms. The molecular weight excluding hydrogens is 386 g/mol. The maximum atomic E-state index is 13.0. The van der Waals surface area contributed by atoms with Gasteiger partial charge in [-0.2, -0.15) is 4.98 Å². The molecule has 144 valence electrons. The highest BCUT2D eigenvalue weighted by Crippen LogP contribution is 2.26. The Labute approximate surface area is 173 Å². The van der Waals surface area contributed by atoms with E-state index < -0.39 is 5.92 Å². The van der Waals surface area contributed by atoms with E-state index in [2.05, 4.69) is 15.5 Å². The highest BCUT2D eigenvalue weighted by atomic mass is 35.5. The lowest BCUT2D eigenvalue weighted by molar-refractivity contribution is -0.122. The number of nitrogens with one attached hydrogen (secondary N) is 1. The van der Waals surface area contributed by atoms with Crippen LogP contribution in [0.25, 0.3) is 11.4 Å². The molecule has 0 fully saturated rings. The average molecular weight is 404 g/mol. The summed E-state index contributed by atoms with van der Waals surface area (Å²) in [5, 5.41) is 7.41. The fourth-order valence-corrected chi connectivity index (χ4v) is 3.35. The molecule has 1 heterocycles. The third-order valence-electron chi connectivity index (χ3n) is 4.52. The first-order chi connectivity index (χ1) is 14.2. The molecule has 6 heteroatoms. The molecule has 0 saturated heterocycles. The number of halogens is 1. The zero-order valence-electron chi connectivity index (χ0n) is 15.5. The highest BCUT2D eigenvalue weighted by Gasteiger charge is 2.23. The van der Waals surface area contributed by atoms with Gasteiger partial charge in [0.15, 0.2) is 0 Å². The monoisotopic (exact) mass is 403 g/mol. The molecule has 0 unspecified atom stereocenters. The van der Waals surface area contributed by atoms with Crippen LogP contribution in [0.1, 0.15) is 22.9 Å². The summed E-state index contributed by atoms with van der Waals surface area (Å²) in [5.74, 6) is 0.138. The maximum absolute atomic E-state index is 13.0. The number of carbonyl (C=O) groups excluding carboxylic acids is 1. The zero-order chi connectivity index (χ0) is 20.1. The fraction of sp³-hybridized carbons (Fsp3) is 0.0870. The standard InChI is InChI=1S/C23H18ClN3O2/c24-19-14-8-7-13-18(19)22-26-20(29-27-22)15-25-23(28)21(16-9-3-1-4-10-16)17-11-5-2-6-12-17/h1-14,21H,15H2,(H,25,28). The summed E-state index contributed by atoms with van der Waals surface area (Å²) in [6.45, 7) is 0.131. The first-order valence-electron chi connectivity index (χ1n) is 9.17. The van der Waals surface area contributed by atoms with Crippen molar-refractivity contribution in [2.24, 2.45) is 0 Å². The van der Waals surface area contributed by atoms with E-state index in [1.54, 1.807) is 6.07 Å². The number of rotatable bonds is 6. The Morgan fingerprint density at radius 2 is 1.48 bits per heavy atom. The zero-order valence-corrected chi connectivity index (χ0v) is 16.2. The van der Waals surface area contributed by atoms with Gasteiger partial charge in [-0.1, -0.05) is 89.6 Å². The molecule has 0 aliphatic heterocycles. The lowest BCUT2D eigenvalue weighted by Gasteiger charge is -2.17. The van der Waals surface area contributed by atoms with E-state index in [1.807, 2.05) is 78.9 Å². The summed E-state index contributed by atoms with van der Waals surface area (Å²) in [6, 6.07) is 26.6. The van der Waals surface area contributed by atoms with Crippen molar-refractivity contribution in [2.75, 3.05) is 0 Å². The number of carbonyl (C=O) groups is 1. The Balaban J connectivity index is 1.51. The van der Waals surface area contributed by atoms with Crippen LogP contribution in [0.15, 0.2) is 89.5 Å². The molecular formula is C23H18ClN3O2. The fourth-order valence-electron chi connectivity index (χ4n) is 3.13. The smallest absolute Gasteiger partial charge is 0.246 e. The minimum atomic E-state index is -0.427. The molecule has 29 heavy (non-hydrogen) atoms. The van der Waals surface area contributed by atoms with Crippen molar-refractivity contribution in [2.45, 2.75) is 12.5 Å². The first-order valence-corrected chi connectivity index (χ1v) is 9.55. The molecule has 0 aliphatic carbocycles. The van der Waals surface area contributed by atoms with Crippen molar-refractivity contribution in [1.82, 2.24) is 15.5 Å². The van der Waals surface area contributed by atoms with Crippen LogP contribution in [0.3, 0.4) is 0 Å². The van der Waals surface area contributed by atoms with E-state index >= 15 is 0 Å². The topological polar surface area (TPSA) is 68.0 Å². The summed E-state index contributed by atoms with van der Waals surface area (Å²) >= 11 is 6.18. The van der Waals surface area contributed by atoms with Crippen LogP contribution >= 0.6 is 11.6 Å². The van der Waals surface area contributed by atoms with E-state index in [4.69, 9.17) is 16.1 Å². The highest BCUT2D eigenvalue weighted by molar-refractivity contribution is 6.33. The second-order valence-electron chi connectivity index (χ2n) is 6.46. The number of nitrogens with zero attached hydrogens (tertiary/aromatic N) is 2. The van der Waals surface area contributed by atoms with E-state index in [-0.39, 0.29) is 12.5 Å². The summed E-state index contributed by atoms with van der Waals surface area (Å²) < 4.78 is 5.28. The van der Waals surface area contributed by atoms with Crippen molar-refractivity contribution in [3.05, 3.63) is 107 Å². The molecule has 0 atom stereocenters. The van der Waals surface area contributed by atoms with Crippen LogP contribution in [0.5, 0.6) is 0 Å². The van der Waals surface area contributed by atoms with Gasteiger partial charge in [0.1, 0.15) is 0 Å². The van der Waals surface area contributed by atoms with Gasteiger partial charge in [0, 0.05) is 5.56 Å². The van der Waals surface area contributed by atoms with Crippen molar-refractivity contribution < 1.29 is 9.32 Å². The van der Waals surface area contributed by atoms with Crippen molar-refractivity contribution in [3.63, 3.8) is 0 Å². The number of benzene rings is 3. The lowest BCUT2D eigenvalue weighted by Crippen LogP contribution is -2.29. The number of hydrogen-bond acceptors (Lipinski definition) is 4. The van der Waals surface area contributed by atoms with Crippen LogP contribution in [0.4, 0.5) is 0 Å². The van der Waals surface area contributed by atoms with Gasteiger partial charge in [-0.05, 0) is 23.3 Å². The Morgan fingerprint density at radius 1 is 0.897 bits per heavy atom. The molecule has 1 aromatic heterocycles. The molecule has 1 amide bonds. The Hall–Kier alpha value is -3.44. The molecule has 4 rings (SSSR count). The largest absolute Gasteiger partial charge is 0.346 e. The summed E-state index contributed by atoms with van der Waals surface area (Å²) in [7, 11) is 0. The van der Waals surface area contributed by atoms with Crippen LogP contribution in [0.2, 0.25) is 5.02 Å². The van der Waals surface area contributed by atoms with E-state index in [0.717, 1.165) is 11.1 Å². The number of amides is 1. The second-order valence-corrected chi connectivity index (χ2v) is 6.87. The summed E-state index contributed by atoms with van der Waals surface area (Å²) in [5.41, 5.74) is 2.51. The molecule has 5 nitrogen and oxygen atoms in total. The molecule has 3 aromatic carbocycles. The van der Waals surface area contributed by atoms with Crippen LogP contribution in [-0.2, 0) is 11.3 Å². The van der Waals surface area contributed by atoms with Crippen LogP contribution in [-0.4, -0.2) is 16.0 Å². The Kier molecular flexibility index (Phi) is 5.68. The van der Waals surface area contributed by atoms with Gasteiger partial charge in [0.05, 0.1) is 17.5 Å². The third-order valence-corrected chi connectivity index (χ3v) is 4.85. The van der Waals surface area contributed by atoms with Gasteiger partial charge in [-0.3, -0.25) is 4.79 Å². The van der Waals surface area contributed by atoms with Crippen LogP contribution in [0, 0.1) is 0 Å². The molecule has 0 saturated carbocycles. The van der Waals surface area contributed by atoms with E-state index in [1.165, 1.54) is 0 Å². The summed E-state index contributed by atoms with van der Waals surface area (Å²) in [6.07, 6.45) is 0. The van der Waals surface area contributed by atoms with Crippen molar-refractivity contribution >= 4 is 17.5 Å². The van der Waals surface area contributed by atoms with Gasteiger partial charge >= 0.3 is 0 Å². The number of hydrogen-bond donors (Lipinski definition) is 1. The van der Waals surface area contributed by atoms with E-state index in [0.29, 0.717) is 22.3 Å². The predicted octanol–water partition coefficient (Wildman–Crippen LogP) is 4.84. The molecule has 0 aliphatic rings. The number of aromatic nitrogens is 2. The van der Waals surface area contributed by atoms with Gasteiger partial charge in [0.2, 0.25) is 17.6 Å². The van der Waals surface area contributed by atoms with Gasteiger partial charge < -0.3 is 9.84 Å². The van der Waals surface area contributed by atoms with Gasteiger partial charge in [0.25, 0.3) is 0 Å². The SMILES string of the molecule is O=C(NCc1nc(-c2ccccc2Cl)no1)C(c1ccccc1)c1ccccc1. The quantitative estimate of drug-likeness (QED) is 0.500. The molecule has 0 radical (unpaired) electrons.